The SMILES string of the molecule is CC1=C(C)C(C)C(C)=C1C.[Mg]. The second kappa shape index (κ2) is 3.77. The molecule has 0 aromatic heterocycles. The Morgan fingerprint density at radius 2 is 1.09 bits per heavy atom. The van der Waals surface area contributed by atoms with Crippen LogP contribution in [0.1, 0.15) is 34.6 Å². The summed E-state index contributed by atoms with van der Waals surface area (Å²) in [7, 11) is 0. The Bertz CT molecular complexity index is 197. The van der Waals surface area contributed by atoms with Crippen molar-refractivity contribution in [2.45, 2.75) is 34.6 Å². The van der Waals surface area contributed by atoms with Crippen LogP contribution in [0, 0.1) is 5.92 Å². The van der Waals surface area contributed by atoms with Crippen molar-refractivity contribution in [2.24, 2.45) is 5.92 Å². The van der Waals surface area contributed by atoms with E-state index in [0.717, 1.165) is 0 Å². The largest absolute Gasteiger partial charge is 0.0632 e. The first kappa shape index (κ1) is 11.2. The fourth-order valence-corrected chi connectivity index (χ4v) is 1.57. The first-order chi connectivity index (χ1) is 4.55. The second-order valence-electron chi connectivity index (χ2n) is 3.34. The zero-order valence-corrected chi connectivity index (χ0v) is 9.70. The highest BCUT2D eigenvalue weighted by atomic mass is 24.3. The topological polar surface area (TPSA) is 0 Å². The van der Waals surface area contributed by atoms with Gasteiger partial charge in [-0.15, -0.1) is 0 Å². The van der Waals surface area contributed by atoms with Gasteiger partial charge in [0.15, 0.2) is 0 Å². The van der Waals surface area contributed by atoms with E-state index in [4.69, 9.17) is 0 Å². The highest BCUT2D eigenvalue weighted by molar-refractivity contribution is 5.75. The molecule has 0 aromatic rings. The molecule has 0 aliphatic heterocycles. The molecular weight excluding hydrogens is 144 g/mol. The Morgan fingerprint density at radius 3 is 1.18 bits per heavy atom. The van der Waals surface area contributed by atoms with Gasteiger partial charge in [0.25, 0.3) is 0 Å². The van der Waals surface area contributed by atoms with E-state index in [1.54, 1.807) is 11.1 Å². The molecule has 0 spiro atoms. The van der Waals surface area contributed by atoms with Gasteiger partial charge in [-0.05, 0) is 44.8 Å². The lowest BCUT2D eigenvalue weighted by Gasteiger charge is -2.05. The van der Waals surface area contributed by atoms with Gasteiger partial charge in [0.05, 0.1) is 0 Å². The van der Waals surface area contributed by atoms with Crippen LogP contribution in [-0.4, -0.2) is 23.1 Å². The van der Waals surface area contributed by atoms with E-state index < -0.39 is 0 Å². The quantitative estimate of drug-likeness (QED) is 0.478. The minimum absolute atomic E-state index is 0. The Kier molecular flexibility index (Phi) is 3.85. The van der Waals surface area contributed by atoms with Crippen LogP contribution in [0.2, 0.25) is 0 Å². The van der Waals surface area contributed by atoms with Crippen LogP contribution in [0.25, 0.3) is 0 Å². The lowest BCUT2D eigenvalue weighted by molar-refractivity contribution is 0.815. The van der Waals surface area contributed by atoms with Crippen molar-refractivity contribution in [3.63, 3.8) is 0 Å². The molecule has 2 radical (unpaired) electrons. The predicted octanol–water partition coefficient (Wildman–Crippen LogP) is 2.93. The van der Waals surface area contributed by atoms with E-state index in [0.29, 0.717) is 5.92 Å². The molecule has 11 heavy (non-hydrogen) atoms. The summed E-state index contributed by atoms with van der Waals surface area (Å²) in [6.45, 7) is 11.2. The molecule has 0 unspecified atom stereocenters. The van der Waals surface area contributed by atoms with E-state index >= 15 is 0 Å². The summed E-state index contributed by atoms with van der Waals surface area (Å²) in [4.78, 5) is 0. The average Bonchev–Trinajstić information content (AvgIpc) is 2.07. The fourth-order valence-electron chi connectivity index (χ4n) is 1.57. The number of rotatable bonds is 0. The van der Waals surface area contributed by atoms with E-state index in [1.807, 2.05) is 0 Å². The van der Waals surface area contributed by atoms with Crippen LogP contribution in [0.15, 0.2) is 22.3 Å². The first-order valence-electron chi connectivity index (χ1n) is 3.90. The van der Waals surface area contributed by atoms with Gasteiger partial charge in [-0.25, -0.2) is 0 Å². The van der Waals surface area contributed by atoms with Crippen LogP contribution < -0.4 is 0 Å². The molecule has 58 valence electrons. The normalized spacial score (nSPS) is 19.4. The van der Waals surface area contributed by atoms with E-state index in [1.165, 1.54) is 11.1 Å². The summed E-state index contributed by atoms with van der Waals surface area (Å²) >= 11 is 0. The molecule has 1 aliphatic carbocycles. The summed E-state index contributed by atoms with van der Waals surface area (Å²) in [5, 5.41) is 0. The van der Waals surface area contributed by atoms with Gasteiger partial charge in [0.1, 0.15) is 0 Å². The Hall–Kier alpha value is 0.246. The molecule has 0 fully saturated rings. The van der Waals surface area contributed by atoms with Crippen molar-refractivity contribution in [3.8, 4) is 0 Å². The van der Waals surface area contributed by atoms with Crippen molar-refractivity contribution in [1.29, 1.82) is 0 Å². The zero-order valence-electron chi connectivity index (χ0n) is 8.28. The highest BCUT2D eigenvalue weighted by Crippen LogP contribution is 2.35. The predicted molar refractivity (Wildman–Crippen MR) is 51.7 cm³/mol. The molecule has 0 heterocycles. The number of allylic oxidation sites excluding steroid dienone is 4. The van der Waals surface area contributed by atoms with Crippen LogP contribution in [0.3, 0.4) is 0 Å². The molecule has 0 nitrogen and oxygen atoms in total. The van der Waals surface area contributed by atoms with E-state index in [-0.39, 0.29) is 23.1 Å². The van der Waals surface area contributed by atoms with Gasteiger partial charge in [0.2, 0.25) is 0 Å². The summed E-state index contributed by atoms with van der Waals surface area (Å²) in [5.41, 5.74) is 6.11. The Balaban J connectivity index is 0.000001000. The van der Waals surface area contributed by atoms with Gasteiger partial charge >= 0.3 is 0 Å². The van der Waals surface area contributed by atoms with Crippen LogP contribution >= 0.6 is 0 Å². The third-order valence-corrected chi connectivity index (χ3v) is 3.04. The van der Waals surface area contributed by atoms with Crippen molar-refractivity contribution < 1.29 is 0 Å². The van der Waals surface area contributed by atoms with Crippen molar-refractivity contribution in [2.75, 3.05) is 0 Å². The van der Waals surface area contributed by atoms with Crippen LogP contribution in [-0.2, 0) is 0 Å². The third-order valence-electron chi connectivity index (χ3n) is 3.04. The first-order valence-corrected chi connectivity index (χ1v) is 3.90. The number of hydrogen-bond donors (Lipinski definition) is 0. The maximum absolute atomic E-state index is 2.28. The van der Waals surface area contributed by atoms with Crippen LogP contribution in [0.5, 0.6) is 0 Å². The minimum atomic E-state index is 0. The van der Waals surface area contributed by atoms with Gasteiger partial charge in [-0.1, -0.05) is 18.1 Å². The molecule has 0 saturated heterocycles. The van der Waals surface area contributed by atoms with Gasteiger partial charge in [-0.3, -0.25) is 0 Å². The summed E-state index contributed by atoms with van der Waals surface area (Å²) in [6.07, 6.45) is 0. The maximum Gasteiger partial charge on any atom is 0 e. The lowest BCUT2D eigenvalue weighted by Crippen LogP contribution is -1.92. The summed E-state index contributed by atoms with van der Waals surface area (Å²) in [6, 6.07) is 0. The number of hydrogen-bond acceptors (Lipinski definition) is 0. The fraction of sp³-hybridized carbons (Fsp3) is 0.600. The molecule has 0 bridgehead atoms. The Labute approximate surface area is 85.9 Å². The molecule has 0 aromatic carbocycles. The van der Waals surface area contributed by atoms with E-state index in [9.17, 15) is 0 Å². The van der Waals surface area contributed by atoms with Crippen molar-refractivity contribution in [3.05, 3.63) is 22.3 Å². The molecule has 1 heteroatoms. The molecule has 1 rings (SSSR count). The summed E-state index contributed by atoms with van der Waals surface area (Å²) in [5.74, 6) is 0.694. The average molecular weight is 161 g/mol. The standard InChI is InChI=1S/C10H16.Mg/c1-6-7(2)9(4)10(5)8(6)3;/h6H,1-5H3;. The molecule has 1 aliphatic rings. The van der Waals surface area contributed by atoms with Crippen molar-refractivity contribution >= 4 is 23.1 Å². The molecule has 0 saturated carbocycles. The van der Waals surface area contributed by atoms with E-state index in [2.05, 4.69) is 34.6 Å². The minimum Gasteiger partial charge on any atom is -0.0632 e. The zero-order chi connectivity index (χ0) is 7.89. The smallest absolute Gasteiger partial charge is 0 e. The molecule has 0 amide bonds. The lowest BCUT2D eigenvalue weighted by atomic mass is 10.00. The third kappa shape index (κ3) is 1.70. The highest BCUT2D eigenvalue weighted by Gasteiger charge is 2.19. The van der Waals surface area contributed by atoms with Crippen molar-refractivity contribution in [1.82, 2.24) is 0 Å². The second-order valence-corrected chi connectivity index (χ2v) is 3.34. The maximum atomic E-state index is 2.28. The van der Waals surface area contributed by atoms with Crippen LogP contribution in [0.4, 0.5) is 0 Å². The van der Waals surface area contributed by atoms with Gasteiger partial charge in [-0.2, -0.15) is 0 Å². The monoisotopic (exact) mass is 160 g/mol. The van der Waals surface area contributed by atoms with Gasteiger partial charge < -0.3 is 0 Å². The molecular formula is C10H16Mg. The molecule has 0 atom stereocenters. The summed E-state index contributed by atoms with van der Waals surface area (Å²) < 4.78 is 0. The Morgan fingerprint density at radius 1 is 0.818 bits per heavy atom. The molecule has 0 N–H and O–H groups in total. The van der Waals surface area contributed by atoms with Gasteiger partial charge in [0, 0.05) is 23.1 Å².